The van der Waals surface area contributed by atoms with Gasteiger partial charge in [0, 0.05) is 19.0 Å². The van der Waals surface area contributed by atoms with Crippen LogP contribution < -0.4 is 4.90 Å². The average molecular weight is 253 g/mol. The highest BCUT2D eigenvalue weighted by Gasteiger charge is 2.25. The molecule has 0 aromatic heterocycles. The van der Waals surface area contributed by atoms with Gasteiger partial charge in [0.1, 0.15) is 11.6 Å². The van der Waals surface area contributed by atoms with Gasteiger partial charge < -0.3 is 4.90 Å². The van der Waals surface area contributed by atoms with Crippen LogP contribution in [-0.4, -0.2) is 13.0 Å². The molecular weight excluding hydrogens is 236 g/mol. The minimum Gasteiger partial charge on any atom is -0.313 e. The standard InChI is InChI=1S/C14H17F2NO/c1-17(13-8-7-11(15)9-12(13)16)14(18)10-5-3-2-4-6-10/h7-10H,2-6H2,1H3. The van der Waals surface area contributed by atoms with E-state index in [1.54, 1.807) is 7.05 Å². The topological polar surface area (TPSA) is 20.3 Å². The number of anilines is 1. The van der Waals surface area contributed by atoms with E-state index in [0.29, 0.717) is 0 Å². The molecular formula is C14H17F2NO. The zero-order chi connectivity index (χ0) is 13.1. The summed E-state index contributed by atoms with van der Waals surface area (Å²) in [5.74, 6) is -1.41. The highest BCUT2D eigenvalue weighted by Crippen LogP contribution is 2.28. The smallest absolute Gasteiger partial charge is 0.229 e. The van der Waals surface area contributed by atoms with E-state index in [9.17, 15) is 13.6 Å². The molecule has 0 N–H and O–H groups in total. The average Bonchev–Trinajstić information content (AvgIpc) is 2.38. The highest BCUT2D eigenvalue weighted by atomic mass is 19.1. The molecule has 0 saturated heterocycles. The minimum atomic E-state index is -0.693. The van der Waals surface area contributed by atoms with Crippen LogP contribution in [0.4, 0.5) is 14.5 Å². The van der Waals surface area contributed by atoms with E-state index in [0.717, 1.165) is 31.7 Å². The van der Waals surface area contributed by atoms with Crippen LogP contribution in [0.5, 0.6) is 0 Å². The molecule has 0 aliphatic heterocycles. The Kier molecular flexibility index (Phi) is 3.94. The van der Waals surface area contributed by atoms with Crippen molar-refractivity contribution in [2.24, 2.45) is 5.92 Å². The van der Waals surface area contributed by atoms with E-state index in [1.807, 2.05) is 0 Å². The first kappa shape index (κ1) is 13.0. The van der Waals surface area contributed by atoms with Gasteiger partial charge in [-0.3, -0.25) is 4.79 Å². The predicted octanol–water partition coefficient (Wildman–Crippen LogP) is 3.51. The van der Waals surface area contributed by atoms with Crippen LogP contribution in [0.2, 0.25) is 0 Å². The summed E-state index contributed by atoms with van der Waals surface area (Å²) in [6.07, 6.45) is 5.00. The first-order valence-electron chi connectivity index (χ1n) is 6.32. The summed E-state index contributed by atoms with van der Waals surface area (Å²) in [6, 6.07) is 3.29. The number of hydrogen-bond donors (Lipinski definition) is 0. The number of benzene rings is 1. The molecule has 0 bridgehead atoms. The third-order valence-corrected chi connectivity index (χ3v) is 3.56. The Balaban J connectivity index is 2.14. The molecule has 0 unspecified atom stereocenters. The van der Waals surface area contributed by atoms with Gasteiger partial charge in [-0.05, 0) is 25.0 Å². The molecule has 0 atom stereocenters. The fourth-order valence-corrected chi connectivity index (χ4v) is 2.50. The molecule has 1 amide bonds. The lowest BCUT2D eigenvalue weighted by molar-refractivity contribution is -0.123. The molecule has 18 heavy (non-hydrogen) atoms. The Morgan fingerprint density at radius 1 is 1.22 bits per heavy atom. The van der Waals surface area contributed by atoms with Gasteiger partial charge in [0.05, 0.1) is 5.69 Å². The molecule has 0 heterocycles. The molecule has 0 radical (unpaired) electrons. The van der Waals surface area contributed by atoms with Gasteiger partial charge in [-0.15, -0.1) is 0 Å². The van der Waals surface area contributed by atoms with Crippen LogP contribution in [0.25, 0.3) is 0 Å². The normalized spacial score (nSPS) is 16.6. The summed E-state index contributed by atoms with van der Waals surface area (Å²) >= 11 is 0. The lowest BCUT2D eigenvalue weighted by atomic mass is 9.88. The van der Waals surface area contributed by atoms with Crippen molar-refractivity contribution in [2.45, 2.75) is 32.1 Å². The summed E-state index contributed by atoms with van der Waals surface area (Å²) in [5.41, 5.74) is 0.145. The zero-order valence-electron chi connectivity index (χ0n) is 10.5. The number of halogens is 2. The van der Waals surface area contributed by atoms with E-state index in [4.69, 9.17) is 0 Å². The first-order chi connectivity index (χ1) is 8.59. The number of carbonyl (C=O) groups excluding carboxylic acids is 1. The SMILES string of the molecule is CN(C(=O)C1CCCCC1)c1ccc(F)cc1F. The number of amides is 1. The number of nitrogens with zero attached hydrogens (tertiary/aromatic N) is 1. The Hall–Kier alpha value is -1.45. The maximum atomic E-state index is 13.6. The summed E-state index contributed by atoms with van der Waals surface area (Å²) < 4.78 is 26.4. The predicted molar refractivity (Wildman–Crippen MR) is 66.3 cm³/mol. The maximum Gasteiger partial charge on any atom is 0.229 e. The van der Waals surface area contributed by atoms with Gasteiger partial charge in [-0.1, -0.05) is 19.3 Å². The molecule has 1 aliphatic rings. The molecule has 1 aromatic rings. The zero-order valence-corrected chi connectivity index (χ0v) is 10.5. The van der Waals surface area contributed by atoms with Crippen LogP contribution in [0, 0.1) is 17.6 Å². The van der Waals surface area contributed by atoms with Crippen LogP contribution in [0.1, 0.15) is 32.1 Å². The maximum absolute atomic E-state index is 13.6. The van der Waals surface area contributed by atoms with E-state index in [1.165, 1.54) is 23.5 Å². The van der Waals surface area contributed by atoms with Crippen molar-refractivity contribution in [3.8, 4) is 0 Å². The summed E-state index contributed by atoms with van der Waals surface area (Å²) in [4.78, 5) is 13.5. The second-order valence-electron chi connectivity index (χ2n) is 4.83. The second kappa shape index (κ2) is 5.46. The monoisotopic (exact) mass is 253 g/mol. The van der Waals surface area contributed by atoms with Gasteiger partial charge in [0.2, 0.25) is 5.91 Å². The van der Waals surface area contributed by atoms with Crippen molar-refractivity contribution in [3.63, 3.8) is 0 Å². The van der Waals surface area contributed by atoms with Crippen molar-refractivity contribution in [1.82, 2.24) is 0 Å². The molecule has 1 aromatic carbocycles. The third kappa shape index (κ3) is 2.68. The quantitative estimate of drug-likeness (QED) is 0.789. The number of rotatable bonds is 2. The fraction of sp³-hybridized carbons (Fsp3) is 0.500. The summed E-state index contributed by atoms with van der Waals surface area (Å²) in [7, 11) is 1.55. The van der Waals surface area contributed by atoms with E-state index >= 15 is 0 Å². The Bertz CT molecular complexity index is 441. The number of carbonyl (C=O) groups is 1. The lowest BCUT2D eigenvalue weighted by Gasteiger charge is -2.26. The van der Waals surface area contributed by atoms with Crippen molar-refractivity contribution in [2.75, 3.05) is 11.9 Å². The van der Waals surface area contributed by atoms with E-state index < -0.39 is 11.6 Å². The van der Waals surface area contributed by atoms with Crippen molar-refractivity contribution < 1.29 is 13.6 Å². The van der Waals surface area contributed by atoms with Crippen molar-refractivity contribution in [1.29, 1.82) is 0 Å². The Morgan fingerprint density at radius 2 is 1.89 bits per heavy atom. The van der Waals surface area contributed by atoms with Gasteiger partial charge >= 0.3 is 0 Å². The molecule has 98 valence electrons. The molecule has 1 aliphatic carbocycles. The van der Waals surface area contributed by atoms with Crippen LogP contribution in [0.15, 0.2) is 18.2 Å². The van der Waals surface area contributed by atoms with Crippen LogP contribution >= 0.6 is 0 Å². The minimum absolute atomic E-state index is 0.0202. The molecule has 2 rings (SSSR count). The molecule has 2 nitrogen and oxygen atoms in total. The highest BCUT2D eigenvalue weighted by molar-refractivity contribution is 5.94. The first-order valence-corrected chi connectivity index (χ1v) is 6.32. The molecule has 4 heteroatoms. The van der Waals surface area contributed by atoms with Crippen molar-refractivity contribution in [3.05, 3.63) is 29.8 Å². The summed E-state index contributed by atoms with van der Waals surface area (Å²) in [6.45, 7) is 0. The molecule has 1 fully saturated rings. The second-order valence-corrected chi connectivity index (χ2v) is 4.83. The Morgan fingerprint density at radius 3 is 2.50 bits per heavy atom. The third-order valence-electron chi connectivity index (χ3n) is 3.56. The van der Waals surface area contributed by atoms with Gasteiger partial charge in [-0.25, -0.2) is 8.78 Å². The van der Waals surface area contributed by atoms with Gasteiger partial charge in [0.25, 0.3) is 0 Å². The largest absolute Gasteiger partial charge is 0.313 e. The molecule has 0 spiro atoms. The Labute approximate surface area is 106 Å². The van der Waals surface area contributed by atoms with Gasteiger partial charge in [-0.2, -0.15) is 0 Å². The van der Waals surface area contributed by atoms with Crippen molar-refractivity contribution >= 4 is 11.6 Å². The fourth-order valence-electron chi connectivity index (χ4n) is 2.50. The van der Waals surface area contributed by atoms with Gasteiger partial charge in [0.15, 0.2) is 0 Å². The van der Waals surface area contributed by atoms with Crippen LogP contribution in [0.3, 0.4) is 0 Å². The lowest BCUT2D eigenvalue weighted by Crippen LogP contribution is -2.34. The van der Waals surface area contributed by atoms with Crippen LogP contribution in [-0.2, 0) is 4.79 Å². The number of hydrogen-bond acceptors (Lipinski definition) is 1. The van der Waals surface area contributed by atoms with E-state index in [-0.39, 0.29) is 17.5 Å². The van der Waals surface area contributed by atoms with E-state index in [2.05, 4.69) is 0 Å². The molecule has 1 saturated carbocycles. The summed E-state index contributed by atoms with van der Waals surface area (Å²) in [5, 5.41) is 0.